The van der Waals surface area contributed by atoms with Gasteiger partial charge in [-0.25, -0.2) is 0 Å². The molecule has 0 heterocycles. The van der Waals surface area contributed by atoms with Crippen LogP contribution in [0.25, 0.3) is 0 Å². The number of rotatable bonds is 9. The first-order valence-electron chi connectivity index (χ1n) is 6.59. The Balaban J connectivity index is 3.20. The van der Waals surface area contributed by atoms with Gasteiger partial charge in [0.15, 0.2) is 0 Å². The molecule has 0 bridgehead atoms. The maximum absolute atomic E-state index is 2.29. The summed E-state index contributed by atoms with van der Waals surface area (Å²) in [5.74, 6) is 0.781. The fourth-order valence-corrected chi connectivity index (χ4v) is 1.47. The van der Waals surface area contributed by atoms with Crippen LogP contribution in [0.5, 0.6) is 0 Å². The third-order valence-electron chi connectivity index (χ3n) is 2.47. The van der Waals surface area contributed by atoms with Crippen LogP contribution < -0.4 is 0 Å². The molecule has 0 aromatic carbocycles. The van der Waals surface area contributed by atoms with Crippen molar-refractivity contribution in [1.29, 1.82) is 0 Å². The van der Waals surface area contributed by atoms with E-state index in [-0.39, 0.29) is 0 Å². The standard InChI is InChI=1S/C15H28/c1-4-5-6-7-8-9-10-11-12-13-14-15(2)3/h10-13,15H,4-9,14H2,1-3H3/b11-10-,13-12+. The Labute approximate surface area is 96.5 Å². The third-order valence-corrected chi connectivity index (χ3v) is 2.47. The maximum atomic E-state index is 2.29. The maximum Gasteiger partial charge on any atom is -0.0324 e. The minimum absolute atomic E-state index is 0.781. The van der Waals surface area contributed by atoms with Gasteiger partial charge in [0.2, 0.25) is 0 Å². The molecule has 0 spiro atoms. The Kier molecular flexibility index (Phi) is 11.2. The van der Waals surface area contributed by atoms with Crippen LogP contribution in [0.3, 0.4) is 0 Å². The highest BCUT2D eigenvalue weighted by Gasteiger charge is 1.86. The van der Waals surface area contributed by atoms with Gasteiger partial charge in [0, 0.05) is 0 Å². The first-order chi connectivity index (χ1) is 7.27. The zero-order valence-corrected chi connectivity index (χ0v) is 10.8. The molecule has 0 aliphatic heterocycles. The van der Waals surface area contributed by atoms with Crippen molar-refractivity contribution in [1.82, 2.24) is 0 Å². The highest BCUT2D eigenvalue weighted by atomic mass is 13.9. The lowest BCUT2D eigenvalue weighted by Gasteiger charge is -1.96. The molecule has 0 radical (unpaired) electrons. The molecule has 0 aliphatic rings. The third kappa shape index (κ3) is 13.5. The van der Waals surface area contributed by atoms with Crippen LogP contribution >= 0.6 is 0 Å². The van der Waals surface area contributed by atoms with Gasteiger partial charge in [-0.3, -0.25) is 0 Å². The molecule has 0 N–H and O–H groups in total. The van der Waals surface area contributed by atoms with Gasteiger partial charge in [0.05, 0.1) is 0 Å². The topological polar surface area (TPSA) is 0 Å². The van der Waals surface area contributed by atoms with Crippen LogP contribution in [0.2, 0.25) is 0 Å². The summed E-state index contributed by atoms with van der Waals surface area (Å²) in [7, 11) is 0. The van der Waals surface area contributed by atoms with Gasteiger partial charge in [-0.1, -0.05) is 70.8 Å². The summed E-state index contributed by atoms with van der Waals surface area (Å²) in [5, 5.41) is 0. The molecule has 15 heavy (non-hydrogen) atoms. The van der Waals surface area contributed by atoms with E-state index in [1.54, 1.807) is 0 Å². The highest BCUT2D eigenvalue weighted by molar-refractivity contribution is 5.02. The van der Waals surface area contributed by atoms with Crippen LogP contribution in [-0.2, 0) is 0 Å². The van der Waals surface area contributed by atoms with E-state index in [9.17, 15) is 0 Å². The molecule has 0 aromatic heterocycles. The minimum atomic E-state index is 0.781. The summed E-state index contributed by atoms with van der Waals surface area (Å²) in [6.07, 6.45) is 18.3. The molecule has 0 heteroatoms. The smallest absolute Gasteiger partial charge is 0.0324 e. The molecule has 0 rings (SSSR count). The molecule has 0 aromatic rings. The zero-order chi connectivity index (χ0) is 11.4. The Morgan fingerprint density at radius 2 is 1.53 bits per heavy atom. The van der Waals surface area contributed by atoms with Crippen LogP contribution in [0.15, 0.2) is 24.3 Å². The molecule has 88 valence electrons. The predicted octanol–water partition coefficient (Wildman–Crippen LogP) is 5.51. The number of allylic oxidation sites excluding steroid dienone is 4. The number of unbranched alkanes of at least 4 members (excludes halogenated alkanes) is 5. The minimum Gasteiger partial charge on any atom is -0.0845 e. The Hall–Kier alpha value is -0.520. The van der Waals surface area contributed by atoms with Crippen molar-refractivity contribution in [3.63, 3.8) is 0 Å². The summed E-state index contributed by atoms with van der Waals surface area (Å²) in [6.45, 7) is 6.77. The summed E-state index contributed by atoms with van der Waals surface area (Å²) in [4.78, 5) is 0. The second kappa shape index (κ2) is 11.6. The van der Waals surface area contributed by atoms with Crippen LogP contribution in [0.4, 0.5) is 0 Å². The first-order valence-corrected chi connectivity index (χ1v) is 6.59. The molecule has 0 saturated heterocycles. The van der Waals surface area contributed by atoms with Crippen molar-refractivity contribution in [2.75, 3.05) is 0 Å². The van der Waals surface area contributed by atoms with E-state index in [0.29, 0.717) is 0 Å². The summed E-state index contributed by atoms with van der Waals surface area (Å²) >= 11 is 0. The average Bonchev–Trinajstić information content (AvgIpc) is 2.20. The normalized spacial score (nSPS) is 12.3. The molecule has 0 saturated carbocycles. The zero-order valence-electron chi connectivity index (χ0n) is 10.8. The molecule has 0 nitrogen and oxygen atoms in total. The molecular weight excluding hydrogens is 180 g/mol. The van der Waals surface area contributed by atoms with Gasteiger partial charge >= 0.3 is 0 Å². The lowest BCUT2D eigenvalue weighted by Crippen LogP contribution is -1.80. The quantitative estimate of drug-likeness (QED) is 0.346. The molecule has 0 atom stereocenters. The van der Waals surface area contributed by atoms with Gasteiger partial charge in [-0.15, -0.1) is 0 Å². The SMILES string of the molecule is CCCCCCC/C=C\C=C\CC(C)C. The van der Waals surface area contributed by atoms with E-state index >= 15 is 0 Å². The van der Waals surface area contributed by atoms with Gasteiger partial charge < -0.3 is 0 Å². The average molecular weight is 208 g/mol. The fraction of sp³-hybridized carbons (Fsp3) is 0.733. The van der Waals surface area contributed by atoms with Crippen LogP contribution in [0.1, 0.15) is 65.7 Å². The predicted molar refractivity (Wildman–Crippen MR) is 71.1 cm³/mol. The van der Waals surface area contributed by atoms with E-state index in [1.165, 1.54) is 44.9 Å². The highest BCUT2D eigenvalue weighted by Crippen LogP contribution is 2.05. The molecule has 0 aliphatic carbocycles. The molecule has 0 unspecified atom stereocenters. The molecule has 0 fully saturated rings. The summed E-state index contributed by atoms with van der Waals surface area (Å²) < 4.78 is 0. The Bertz CT molecular complexity index is 163. The second-order valence-electron chi connectivity index (χ2n) is 4.69. The van der Waals surface area contributed by atoms with Crippen molar-refractivity contribution in [2.24, 2.45) is 5.92 Å². The lowest BCUT2D eigenvalue weighted by molar-refractivity contribution is 0.637. The van der Waals surface area contributed by atoms with E-state index in [2.05, 4.69) is 45.1 Å². The van der Waals surface area contributed by atoms with Crippen molar-refractivity contribution in [3.05, 3.63) is 24.3 Å². The van der Waals surface area contributed by atoms with E-state index < -0.39 is 0 Å². The first kappa shape index (κ1) is 14.5. The second-order valence-corrected chi connectivity index (χ2v) is 4.69. The monoisotopic (exact) mass is 208 g/mol. The largest absolute Gasteiger partial charge is 0.0845 e. The van der Waals surface area contributed by atoms with Crippen molar-refractivity contribution in [3.8, 4) is 0 Å². The lowest BCUT2D eigenvalue weighted by atomic mass is 10.1. The molecular formula is C15H28. The van der Waals surface area contributed by atoms with E-state index in [1.807, 2.05) is 0 Å². The summed E-state index contributed by atoms with van der Waals surface area (Å²) in [6, 6.07) is 0. The molecule has 0 amide bonds. The number of hydrogen-bond acceptors (Lipinski definition) is 0. The van der Waals surface area contributed by atoms with Gasteiger partial charge in [-0.2, -0.15) is 0 Å². The Morgan fingerprint density at radius 1 is 0.867 bits per heavy atom. The van der Waals surface area contributed by atoms with E-state index in [0.717, 1.165) is 5.92 Å². The van der Waals surface area contributed by atoms with Crippen molar-refractivity contribution >= 4 is 0 Å². The number of hydrogen-bond donors (Lipinski definition) is 0. The summed E-state index contributed by atoms with van der Waals surface area (Å²) in [5.41, 5.74) is 0. The van der Waals surface area contributed by atoms with Crippen molar-refractivity contribution < 1.29 is 0 Å². The van der Waals surface area contributed by atoms with Crippen LogP contribution in [-0.4, -0.2) is 0 Å². The van der Waals surface area contributed by atoms with Gasteiger partial charge in [0.1, 0.15) is 0 Å². The van der Waals surface area contributed by atoms with Crippen molar-refractivity contribution in [2.45, 2.75) is 65.7 Å². The Morgan fingerprint density at radius 3 is 2.20 bits per heavy atom. The fourth-order valence-electron chi connectivity index (χ4n) is 1.47. The van der Waals surface area contributed by atoms with E-state index in [4.69, 9.17) is 0 Å². The van der Waals surface area contributed by atoms with Gasteiger partial charge in [0.25, 0.3) is 0 Å². The van der Waals surface area contributed by atoms with Gasteiger partial charge in [-0.05, 0) is 25.2 Å². The van der Waals surface area contributed by atoms with Crippen LogP contribution in [0, 0.1) is 5.92 Å².